The number of hydrogen-bond acceptors (Lipinski definition) is 2. The van der Waals surface area contributed by atoms with Crippen molar-refractivity contribution in [1.82, 2.24) is 9.78 Å². The first-order valence-electron chi connectivity index (χ1n) is 6.13. The van der Waals surface area contributed by atoms with Crippen LogP contribution in [0.2, 0.25) is 0 Å². The standard InChI is InChI=1S/C14H16BrClN2O/c1-3-11-7-12(18(2)17-11)9-19-13-4-5-14(15)10(6-13)8-16/h4-7H,3,8-9H2,1-2H3. The summed E-state index contributed by atoms with van der Waals surface area (Å²) >= 11 is 9.33. The van der Waals surface area contributed by atoms with Gasteiger partial charge in [0, 0.05) is 17.4 Å². The van der Waals surface area contributed by atoms with Gasteiger partial charge in [0.05, 0.1) is 11.4 Å². The maximum absolute atomic E-state index is 5.87. The Morgan fingerprint density at radius 2 is 2.16 bits per heavy atom. The van der Waals surface area contributed by atoms with Gasteiger partial charge in [-0.3, -0.25) is 4.68 Å². The average molecular weight is 344 g/mol. The minimum absolute atomic E-state index is 0.462. The summed E-state index contributed by atoms with van der Waals surface area (Å²) in [5.74, 6) is 1.28. The van der Waals surface area contributed by atoms with E-state index in [1.54, 1.807) is 0 Å². The van der Waals surface area contributed by atoms with Gasteiger partial charge in [0.25, 0.3) is 0 Å². The fourth-order valence-electron chi connectivity index (χ4n) is 1.78. The molecule has 1 heterocycles. The molecule has 2 rings (SSSR count). The summed E-state index contributed by atoms with van der Waals surface area (Å²) in [7, 11) is 1.93. The molecule has 0 aliphatic heterocycles. The summed E-state index contributed by atoms with van der Waals surface area (Å²) in [6.07, 6.45) is 0.933. The van der Waals surface area contributed by atoms with Crippen molar-refractivity contribution in [2.24, 2.45) is 7.05 Å². The van der Waals surface area contributed by atoms with E-state index in [9.17, 15) is 0 Å². The third-order valence-electron chi connectivity index (χ3n) is 2.94. The van der Waals surface area contributed by atoms with Crippen molar-refractivity contribution >= 4 is 27.5 Å². The van der Waals surface area contributed by atoms with Gasteiger partial charge in [0.15, 0.2) is 0 Å². The Balaban J connectivity index is 2.07. The summed E-state index contributed by atoms with van der Waals surface area (Å²) in [6, 6.07) is 7.90. The molecule has 0 atom stereocenters. The predicted molar refractivity (Wildman–Crippen MR) is 80.6 cm³/mol. The minimum atomic E-state index is 0.462. The van der Waals surface area contributed by atoms with Gasteiger partial charge in [-0.2, -0.15) is 5.10 Å². The Morgan fingerprint density at radius 3 is 2.79 bits per heavy atom. The number of aromatic nitrogens is 2. The molecule has 1 aromatic carbocycles. The minimum Gasteiger partial charge on any atom is -0.487 e. The van der Waals surface area contributed by atoms with Gasteiger partial charge in [-0.25, -0.2) is 0 Å². The molecule has 0 saturated heterocycles. The zero-order chi connectivity index (χ0) is 13.8. The second-order valence-electron chi connectivity index (χ2n) is 4.28. The summed E-state index contributed by atoms with van der Waals surface area (Å²) in [5, 5.41) is 4.40. The summed E-state index contributed by atoms with van der Waals surface area (Å²) in [5.41, 5.74) is 3.17. The first-order valence-corrected chi connectivity index (χ1v) is 7.45. The topological polar surface area (TPSA) is 27.1 Å². The lowest BCUT2D eigenvalue weighted by molar-refractivity contribution is 0.294. The Labute approximate surface area is 126 Å². The predicted octanol–water partition coefficient (Wildman–Crippen LogP) is 4.06. The number of ether oxygens (including phenoxy) is 1. The Bertz CT molecular complexity index is 569. The molecule has 0 aliphatic rings. The quantitative estimate of drug-likeness (QED) is 0.765. The molecule has 0 N–H and O–H groups in total. The van der Waals surface area contributed by atoms with Crippen molar-refractivity contribution in [2.45, 2.75) is 25.8 Å². The van der Waals surface area contributed by atoms with Gasteiger partial charge >= 0.3 is 0 Å². The van der Waals surface area contributed by atoms with E-state index in [1.807, 2.05) is 29.9 Å². The highest BCUT2D eigenvalue weighted by Gasteiger charge is 2.06. The molecule has 1 aromatic heterocycles. The van der Waals surface area contributed by atoms with E-state index in [0.29, 0.717) is 12.5 Å². The highest BCUT2D eigenvalue weighted by atomic mass is 79.9. The van der Waals surface area contributed by atoms with Gasteiger partial charge in [-0.15, -0.1) is 11.6 Å². The van der Waals surface area contributed by atoms with Crippen LogP contribution in [0.3, 0.4) is 0 Å². The second-order valence-corrected chi connectivity index (χ2v) is 5.40. The number of aryl methyl sites for hydroxylation is 2. The number of alkyl halides is 1. The van der Waals surface area contributed by atoms with Crippen molar-refractivity contribution in [2.75, 3.05) is 0 Å². The van der Waals surface area contributed by atoms with E-state index in [-0.39, 0.29) is 0 Å². The van der Waals surface area contributed by atoms with Gasteiger partial charge < -0.3 is 4.74 Å². The SMILES string of the molecule is CCc1cc(COc2ccc(Br)c(CCl)c2)n(C)n1. The molecular formula is C14H16BrClN2O. The van der Waals surface area contributed by atoms with Crippen LogP contribution in [-0.4, -0.2) is 9.78 Å². The molecule has 0 bridgehead atoms. The molecule has 2 aromatic rings. The van der Waals surface area contributed by atoms with Crippen LogP contribution in [0.4, 0.5) is 0 Å². The molecule has 5 heteroatoms. The van der Waals surface area contributed by atoms with Crippen LogP contribution in [0.1, 0.15) is 23.9 Å². The number of rotatable bonds is 5. The van der Waals surface area contributed by atoms with Crippen LogP contribution in [0.25, 0.3) is 0 Å². The highest BCUT2D eigenvalue weighted by Crippen LogP contribution is 2.24. The molecular weight excluding hydrogens is 328 g/mol. The smallest absolute Gasteiger partial charge is 0.130 e. The number of halogens is 2. The van der Waals surface area contributed by atoms with Crippen molar-refractivity contribution < 1.29 is 4.74 Å². The van der Waals surface area contributed by atoms with Crippen LogP contribution in [0.15, 0.2) is 28.7 Å². The maximum Gasteiger partial charge on any atom is 0.130 e. The van der Waals surface area contributed by atoms with E-state index in [1.165, 1.54) is 0 Å². The van der Waals surface area contributed by atoms with Gasteiger partial charge in [0.2, 0.25) is 0 Å². The fraction of sp³-hybridized carbons (Fsp3) is 0.357. The van der Waals surface area contributed by atoms with Crippen molar-refractivity contribution in [1.29, 1.82) is 0 Å². The van der Waals surface area contributed by atoms with E-state index >= 15 is 0 Å². The normalized spacial score (nSPS) is 10.7. The molecule has 0 fully saturated rings. The number of hydrogen-bond donors (Lipinski definition) is 0. The lowest BCUT2D eigenvalue weighted by atomic mass is 10.2. The van der Waals surface area contributed by atoms with Crippen LogP contribution in [0.5, 0.6) is 5.75 Å². The maximum atomic E-state index is 5.87. The monoisotopic (exact) mass is 342 g/mol. The van der Waals surface area contributed by atoms with Crippen molar-refractivity contribution in [3.63, 3.8) is 0 Å². The molecule has 0 unspecified atom stereocenters. The van der Waals surface area contributed by atoms with Crippen LogP contribution >= 0.6 is 27.5 Å². The van der Waals surface area contributed by atoms with E-state index in [2.05, 4.69) is 34.0 Å². The number of nitrogens with zero attached hydrogens (tertiary/aromatic N) is 2. The number of benzene rings is 1. The van der Waals surface area contributed by atoms with Crippen molar-refractivity contribution in [3.8, 4) is 5.75 Å². The first kappa shape index (κ1) is 14.4. The molecule has 0 spiro atoms. The lowest BCUT2D eigenvalue weighted by Gasteiger charge is -2.08. The van der Waals surface area contributed by atoms with E-state index in [4.69, 9.17) is 16.3 Å². The Morgan fingerprint density at radius 1 is 1.37 bits per heavy atom. The molecule has 0 aliphatic carbocycles. The molecule has 0 radical (unpaired) electrons. The average Bonchev–Trinajstić information content (AvgIpc) is 2.78. The van der Waals surface area contributed by atoms with Gasteiger partial charge in [0.1, 0.15) is 12.4 Å². The summed E-state index contributed by atoms with van der Waals surface area (Å²) < 4.78 is 8.65. The zero-order valence-electron chi connectivity index (χ0n) is 11.0. The van der Waals surface area contributed by atoms with E-state index < -0.39 is 0 Å². The molecule has 19 heavy (non-hydrogen) atoms. The molecule has 0 amide bonds. The van der Waals surface area contributed by atoms with Crippen LogP contribution in [-0.2, 0) is 26.0 Å². The lowest BCUT2D eigenvalue weighted by Crippen LogP contribution is -2.03. The van der Waals surface area contributed by atoms with Gasteiger partial charge in [-0.1, -0.05) is 22.9 Å². The fourth-order valence-corrected chi connectivity index (χ4v) is 2.55. The van der Waals surface area contributed by atoms with Crippen molar-refractivity contribution in [3.05, 3.63) is 45.7 Å². The van der Waals surface area contributed by atoms with Crippen LogP contribution < -0.4 is 4.74 Å². The third kappa shape index (κ3) is 3.51. The van der Waals surface area contributed by atoms with Crippen LogP contribution in [0, 0.1) is 0 Å². The Hall–Kier alpha value is -1.00. The third-order valence-corrected chi connectivity index (χ3v) is 4.00. The summed E-state index contributed by atoms with van der Waals surface area (Å²) in [4.78, 5) is 0. The molecule has 102 valence electrons. The highest BCUT2D eigenvalue weighted by molar-refractivity contribution is 9.10. The van der Waals surface area contributed by atoms with Gasteiger partial charge in [-0.05, 0) is 36.2 Å². The second kappa shape index (κ2) is 6.44. The first-order chi connectivity index (χ1) is 9.13. The largest absolute Gasteiger partial charge is 0.487 e. The molecule has 0 saturated carbocycles. The van der Waals surface area contributed by atoms with E-state index in [0.717, 1.165) is 33.6 Å². The summed E-state index contributed by atoms with van der Waals surface area (Å²) in [6.45, 7) is 2.60. The Kier molecular flexibility index (Phi) is 4.88. The molecule has 3 nitrogen and oxygen atoms in total. The zero-order valence-corrected chi connectivity index (χ0v) is 13.3.